The van der Waals surface area contributed by atoms with Crippen molar-refractivity contribution in [1.29, 1.82) is 0 Å². The fourth-order valence-electron chi connectivity index (χ4n) is 2.56. The van der Waals surface area contributed by atoms with Gasteiger partial charge in [0.25, 0.3) is 0 Å². The molecule has 0 aliphatic carbocycles. The van der Waals surface area contributed by atoms with Crippen molar-refractivity contribution in [3.8, 4) is 0 Å². The highest BCUT2D eigenvalue weighted by Gasteiger charge is 2.26. The van der Waals surface area contributed by atoms with Crippen LogP contribution in [0, 0.1) is 19.8 Å². The molecule has 104 valence electrons. The van der Waals surface area contributed by atoms with Crippen molar-refractivity contribution in [2.24, 2.45) is 5.92 Å². The number of rotatable bonds is 3. The SMILES string of the molecule is CCOC(=O)C1CCN(c2ccc(C)c(C)c2)CC1. The van der Waals surface area contributed by atoms with Gasteiger partial charge in [0, 0.05) is 18.8 Å². The van der Waals surface area contributed by atoms with Crippen molar-refractivity contribution in [1.82, 2.24) is 0 Å². The third-order valence-corrected chi connectivity index (χ3v) is 3.97. The summed E-state index contributed by atoms with van der Waals surface area (Å²) in [5.41, 5.74) is 3.92. The summed E-state index contributed by atoms with van der Waals surface area (Å²) < 4.78 is 5.10. The Balaban J connectivity index is 1.96. The molecule has 0 spiro atoms. The van der Waals surface area contributed by atoms with Crippen LogP contribution in [0.2, 0.25) is 0 Å². The van der Waals surface area contributed by atoms with Gasteiger partial charge in [-0.05, 0) is 56.9 Å². The first kappa shape index (κ1) is 13.9. The summed E-state index contributed by atoms with van der Waals surface area (Å²) in [4.78, 5) is 14.1. The molecule has 1 aliphatic rings. The second kappa shape index (κ2) is 6.09. The van der Waals surface area contributed by atoms with Crippen LogP contribution in [0.1, 0.15) is 30.9 Å². The third-order valence-electron chi connectivity index (χ3n) is 3.97. The van der Waals surface area contributed by atoms with Crippen LogP contribution in [-0.4, -0.2) is 25.7 Å². The number of aryl methyl sites for hydroxylation is 2. The molecule has 0 atom stereocenters. The van der Waals surface area contributed by atoms with Crippen LogP contribution >= 0.6 is 0 Å². The van der Waals surface area contributed by atoms with E-state index < -0.39 is 0 Å². The van der Waals surface area contributed by atoms with Crippen LogP contribution in [-0.2, 0) is 9.53 Å². The van der Waals surface area contributed by atoms with E-state index in [2.05, 4.69) is 36.9 Å². The predicted molar refractivity (Wildman–Crippen MR) is 77.5 cm³/mol. The first-order chi connectivity index (χ1) is 9.11. The molecule has 1 aromatic carbocycles. The van der Waals surface area contributed by atoms with Crippen LogP contribution in [0.25, 0.3) is 0 Å². The Morgan fingerprint density at radius 1 is 1.26 bits per heavy atom. The largest absolute Gasteiger partial charge is 0.466 e. The first-order valence-electron chi connectivity index (χ1n) is 7.10. The molecule has 3 heteroatoms. The fraction of sp³-hybridized carbons (Fsp3) is 0.562. The molecule has 1 fully saturated rings. The average Bonchev–Trinajstić information content (AvgIpc) is 2.42. The van der Waals surface area contributed by atoms with Crippen LogP contribution in [0.5, 0.6) is 0 Å². The number of carbonyl (C=O) groups is 1. The summed E-state index contributed by atoms with van der Waals surface area (Å²) in [6.45, 7) is 8.49. The van der Waals surface area contributed by atoms with E-state index in [0.29, 0.717) is 6.61 Å². The lowest BCUT2D eigenvalue weighted by atomic mass is 9.96. The molecule has 1 heterocycles. The maximum atomic E-state index is 11.7. The number of carbonyl (C=O) groups excluding carboxylic acids is 1. The molecule has 0 saturated carbocycles. The molecule has 0 aromatic heterocycles. The number of ether oxygens (including phenoxy) is 1. The van der Waals surface area contributed by atoms with Gasteiger partial charge in [-0.1, -0.05) is 6.07 Å². The van der Waals surface area contributed by atoms with E-state index in [9.17, 15) is 4.79 Å². The number of benzene rings is 1. The van der Waals surface area contributed by atoms with E-state index in [1.54, 1.807) is 0 Å². The lowest BCUT2D eigenvalue weighted by Gasteiger charge is -2.32. The van der Waals surface area contributed by atoms with Crippen LogP contribution in [0.4, 0.5) is 5.69 Å². The predicted octanol–water partition coefficient (Wildman–Crippen LogP) is 3.08. The zero-order valence-corrected chi connectivity index (χ0v) is 12.1. The van der Waals surface area contributed by atoms with Crippen LogP contribution < -0.4 is 4.90 Å². The molecule has 0 amide bonds. The summed E-state index contributed by atoms with van der Waals surface area (Å²) in [5.74, 6) is 0.0602. The Hall–Kier alpha value is -1.51. The lowest BCUT2D eigenvalue weighted by Crippen LogP contribution is -2.37. The number of esters is 1. The smallest absolute Gasteiger partial charge is 0.309 e. The summed E-state index contributed by atoms with van der Waals surface area (Å²) in [5, 5.41) is 0. The number of hydrogen-bond acceptors (Lipinski definition) is 3. The molecule has 1 saturated heterocycles. The van der Waals surface area contributed by atoms with Gasteiger partial charge in [-0.25, -0.2) is 0 Å². The minimum absolute atomic E-state index is 0.0257. The monoisotopic (exact) mass is 261 g/mol. The van der Waals surface area contributed by atoms with Crippen molar-refractivity contribution in [2.75, 3.05) is 24.6 Å². The summed E-state index contributed by atoms with van der Waals surface area (Å²) >= 11 is 0. The van der Waals surface area contributed by atoms with Crippen LogP contribution in [0.3, 0.4) is 0 Å². The zero-order chi connectivity index (χ0) is 13.8. The number of piperidine rings is 1. The first-order valence-corrected chi connectivity index (χ1v) is 7.10. The van der Waals surface area contributed by atoms with Crippen LogP contribution in [0.15, 0.2) is 18.2 Å². The maximum Gasteiger partial charge on any atom is 0.309 e. The zero-order valence-electron chi connectivity index (χ0n) is 12.1. The number of hydrogen-bond donors (Lipinski definition) is 0. The van der Waals surface area contributed by atoms with Gasteiger partial charge in [-0.2, -0.15) is 0 Å². The molecular weight excluding hydrogens is 238 g/mol. The van der Waals surface area contributed by atoms with Gasteiger partial charge in [0.2, 0.25) is 0 Å². The highest BCUT2D eigenvalue weighted by Crippen LogP contribution is 2.25. The highest BCUT2D eigenvalue weighted by atomic mass is 16.5. The second-order valence-corrected chi connectivity index (χ2v) is 5.28. The third kappa shape index (κ3) is 3.28. The van der Waals surface area contributed by atoms with E-state index in [0.717, 1.165) is 25.9 Å². The molecule has 2 rings (SSSR count). The minimum Gasteiger partial charge on any atom is -0.466 e. The van der Waals surface area contributed by atoms with Crippen molar-refractivity contribution in [2.45, 2.75) is 33.6 Å². The standard InChI is InChI=1S/C16H23NO2/c1-4-19-16(18)14-7-9-17(10-8-14)15-6-5-12(2)13(3)11-15/h5-6,11,14H,4,7-10H2,1-3H3. The van der Waals surface area contributed by atoms with Gasteiger partial charge >= 0.3 is 5.97 Å². The van der Waals surface area contributed by atoms with Crippen molar-refractivity contribution < 1.29 is 9.53 Å². The molecule has 1 aromatic rings. The van der Waals surface area contributed by atoms with Gasteiger partial charge in [0.05, 0.1) is 12.5 Å². The van der Waals surface area contributed by atoms with Crippen molar-refractivity contribution in [3.63, 3.8) is 0 Å². The van der Waals surface area contributed by atoms with E-state index >= 15 is 0 Å². The molecule has 3 nitrogen and oxygen atoms in total. The van der Waals surface area contributed by atoms with Gasteiger partial charge in [-0.3, -0.25) is 4.79 Å². The summed E-state index contributed by atoms with van der Waals surface area (Å²) in [6.07, 6.45) is 1.79. The highest BCUT2D eigenvalue weighted by molar-refractivity contribution is 5.72. The maximum absolute atomic E-state index is 11.7. The van der Waals surface area contributed by atoms with Gasteiger partial charge in [0.15, 0.2) is 0 Å². The number of nitrogens with zero attached hydrogens (tertiary/aromatic N) is 1. The van der Waals surface area contributed by atoms with E-state index in [-0.39, 0.29) is 11.9 Å². The van der Waals surface area contributed by atoms with E-state index in [1.807, 2.05) is 6.92 Å². The number of anilines is 1. The molecule has 1 aliphatic heterocycles. The average molecular weight is 261 g/mol. The molecule has 19 heavy (non-hydrogen) atoms. The van der Waals surface area contributed by atoms with Crippen molar-refractivity contribution >= 4 is 11.7 Å². The summed E-state index contributed by atoms with van der Waals surface area (Å²) in [7, 11) is 0. The Labute approximate surface area is 115 Å². The minimum atomic E-state index is -0.0257. The van der Waals surface area contributed by atoms with Gasteiger partial charge < -0.3 is 9.64 Å². The lowest BCUT2D eigenvalue weighted by molar-refractivity contribution is -0.148. The second-order valence-electron chi connectivity index (χ2n) is 5.28. The Morgan fingerprint density at radius 2 is 1.95 bits per heavy atom. The molecule has 0 N–H and O–H groups in total. The summed E-state index contributed by atoms with van der Waals surface area (Å²) in [6, 6.07) is 6.58. The van der Waals surface area contributed by atoms with E-state index in [1.165, 1.54) is 16.8 Å². The topological polar surface area (TPSA) is 29.5 Å². The Bertz CT molecular complexity index is 448. The Morgan fingerprint density at radius 3 is 2.53 bits per heavy atom. The van der Waals surface area contributed by atoms with E-state index in [4.69, 9.17) is 4.74 Å². The molecule has 0 unspecified atom stereocenters. The normalized spacial score (nSPS) is 16.5. The fourth-order valence-corrected chi connectivity index (χ4v) is 2.56. The van der Waals surface area contributed by atoms with Gasteiger partial charge in [0.1, 0.15) is 0 Å². The molecule has 0 radical (unpaired) electrons. The van der Waals surface area contributed by atoms with Crippen molar-refractivity contribution in [3.05, 3.63) is 29.3 Å². The molecule has 0 bridgehead atoms. The van der Waals surface area contributed by atoms with Gasteiger partial charge in [-0.15, -0.1) is 0 Å². The Kier molecular flexibility index (Phi) is 4.46. The molecular formula is C16H23NO2. The quantitative estimate of drug-likeness (QED) is 0.783.